The van der Waals surface area contributed by atoms with Crippen LogP contribution in [-0.4, -0.2) is 78.2 Å². The Bertz CT molecular complexity index is 1330. The molecule has 2 heterocycles. The van der Waals surface area contributed by atoms with E-state index in [-0.39, 0.29) is 12.6 Å². The summed E-state index contributed by atoms with van der Waals surface area (Å²) in [6.07, 6.45) is -0.519. The minimum atomic E-state index is -0.519. The topological polar surface area (TPSA) is 97.6 Å². The van der Waals surface area contributed by atoms with E-state index >= 15 is 0 Å². The van der Waals surface area contributed by atoms with Crippen molar-refractivity contribution in [1.29, 1.82) is 0 Å². The molecule has 1 aromatic heterocycles. The largest absolute Gasteiger partial charge is 0.447 e. The van der Waals surface area contributed by atoms with E-state index in [4.69, 9.17) is 9.47 Å². The fraction of sp³-hybridized carbons (Fsp3) is 0.333. The first kappa shape index (κ1) is 24.7. The predicted octanol–water partition coefficient (Wildman–Crippen LogP) is 3.56. The summed E-state index contributed by atoms with van der Waals surface area (Å²) in [5, 5.41) is 17.4. The maximum absolute atomic E-state index is 12.5. The third-order valence-corrected chi connectivity index (χ3v) is 6.50. The number of tetrazole rings is 1. The number of anilines is 2. The normalized spacial score (nSPS) is 14.9. The molecule has 192 valence electrons. The highest BCUT2D eigenvalue weighted by atomic mass is 16.5. The number of morpholine rings is 1. The lowest BCUT2D eigenvalue weighted by Gasteiger charge is -2.34. The molecule has 0 bridgehead atoms. The molecule has 0 aliphatic carbocycles. The van der Waals surface area contributed by atoms with Crippen LogP contribution in [0.3, 0.4) is 0 Å². The van der Waals surface area contributed by atoms with Crippen LogP contribution in [0.15, 0.2) is 66.7 Å². The third-order valence-electron chi connectivity index (χ3n) is 6.50. The second-order valence-corrected chi connectivity index (χ2v) is 9.08. The van der Waals surface area contributed by atoms with E-state index in [1.807, 2.05) is 56.6 Å². The van der Waals surface area contributed by atoms with Crippen LogP contribution in [0.5, 0.6) is 0 Å². The van der Waals surface area contributed by atoms with Crippen LogP contribution in [0.25, 0.3) is 10.8 Å². The summed E-state index contributed by atoms with van der Waals surface area (Å²) in [4.78, 5) is 16.9. The van der Waals surface area contributed by atoms with Crippen molar-refractivity contribution in [2.75, 3.05) is 57.2 Å². The zero-order valence-corrected chi connectivity index (χ0v) is 21.1. The monoisotopic (exact) mass is 501 g/mol. The number of ether oxygens (including phenoxy) is 2. The van der Waals surface area contributed by atoms with Gasteiger partial charge in [0, 0.05) is 38.3 Å². The smallest absolute Gasteiger partial charge is 0.411 e. The van der Waals surface area contributed by atoms with Gasteiger partial charge in [-0.25, -0.2) is 9.48 Å². The summed E-state index contributed by atoms with van der Waals surface area (Å²) in [7, 11) is 4.04. The maximum atomic E-state index is 12.5. The van der Waals surface area contributed by atoms with Gasteiger partial charge < -0.3 is 14.4 Å². The Balaban J connectivity index is 1.28. The summed E-state index contributed by atoms with van der Waals surface area (Å²) in [6.45, 7) is 3.33. The van der Waals surface area contributed by atoms with Gasteiger partial charge in [0.05, 0.1) is 31.5 Å². The molecule has 37 heavy (non-hydrogen) atoms. The number of nitrogens with one attached hydrogen (secondary N) is 1. The molecule has 4 aromatic rings. The number of carbonyl (C=O) groups excluding carboxylic acids is 1. The van der Waals surface area contributed by atoms with Crippen molar-refractivity contribution in [2.24, 2.45) is 0 Å². The summed E-state index contributed by atoms with van der Waals surface area (Å²) in [5.41, 5.74) is 2.92. The van der Waals surface area contributed by atoms with Crippen LogP contribution < -0.4 is 10.2 Å². The molecule has 3 aromatic carbocycles. The first-order valence-electron chi connectivity index (χ1n) is 12.4. The molecule has 1 N–H and O–H groups in total. The van der Waals surface area contributed by atoms with Crippen LogP contribution in [0.1, 0.15) is 17.4 Å². The van der Waals surface area contributed by atoms with Crippen LogP contribution >= 0.6 is 0 Å². The van der Waals surface area contributed by atoms with Gasteiger partial charge in [-0.05, 0) is 39.6 Å². The number of aromatic nitrogens is 4. The molecule has 1 atom stereocenters. The molecule has 0 unspecified atom stereocenters. The van der Waals surface area contributed by atoms with Crippen LogP contribution in [-0.2, 0) is 16.0 Å². The van der Waals surface area contributed by atoms with E-state index in [0.29, 0.717) is 31.3 Å². The highest BCUT2D eigenvalue weighted by Crippen LogP contribution is 2.29. The highest BCUT2D eigenvalue weighted by molar-refractivity contribution is 6.00. The van der Waals surface area contributed by atoms with Crippen molar-refractivity contribution in [3.63, 3.8) is 0 Å². The Labute approximate surface area is 215 Å². The highest BCUT2D eigenvalue weighted by Gasteiger charge is 2.29. The lowest BCUT2D eigenvalue weighted by molar-refractivity contribution is 0.0214. The van der Waals surface area contributed by atoms with Crippen LogP contribution in [0.2, 0.25) is 0 Å². The second kappa shape index (κ2) is 11.4. The molecule has 1 aliphatic rings. The van der Waals surface area contributed by atoms with Gasteiger partial charge in [0.15, 0.2) is 5.82 Å². The van der Waals surface area contributed by atoms with E-state index in [9.17, 15) is 4.79 Å². The van der Waals surface area contributed by atoms with Gasteiger partial charge in [-0.2, -0.15) is 0 Å². The first-order valence-corrected chi connectivity index (χ1v) is 12.4. The minimum absolute atomic E-state index is 0.129. The maximum Gasteiger partial charge on any atom is 0.411 e. The molecule has 0 spiro atoms. The molecule has 5 rings (SSSR count). The number of fused-ring (bicyclic) bond motifs is 1. The number of hydrogen-bond donors (Lipinski definition) is 1. The zero-order valence-electron chi connectivity index (χ0n) is 21.1. The molecule has 1 aliphatic heterocycles. The second-order valence-electron chi connectivity index (χ2n) is 9.08. The van der Waals surface area contributed by atoms with Gasteiger partial charge >= 0.3 is 6.09 Å². The van der Waals surface area contributed by atoms with E-state index in [2.05, 4.69) is 54.9 Å². The Morgan fingerprint density at radius 3 is 2.59 bits per heavy atom. The quantitative estimate of drug-likeness (QED) is 0.391. The molecule has 1 saturated heterocycles. The van der Waals surface area contributed by atoms with E-state index < -0.39 is 6.09 Å². The van der Waals surface area contributed by atoms with Crippen molar-refractivity contribution in [3.8, 4) is 0 Å². The van der Waals surface area contributed by atoms with Crippen molar-refractivity contribution >= 4 is 28.2 Å². The summed E-state index contributed by atoms with van der Waals surface area (Å²) in [6, 6.07) is 21.9. The van der Waals surface area contributed by atoms with Gasteiger partial charge in [0.1, 0.15) is 6.61 Å². The molecular formula is C27H31N7O3. The molecule has 0 saturated carbocycles. The molecule has 0 radical (unpaired) electrons. The van der Waals surface area contributed by atoms with Gasteiger partial charge in [0.2, 0.25) is 0 Å². The van der Waals surface area contributed by atoms with Gasteiger partial charge in [-0.3, -0.25) is 10.2 Å². The minimum Gasteiger partial charge on any atom is -0.447 e. The van der Waals surface area contributed by atoms with Gasteiger partial charge in [-0.1, -0.05) is 48.5 Å². The Morgan fingerprint density at radius 2 is 1.81 bits per heavy atom. The molecule has 10 nitrogen and oxygen atoms in total. The lowest BCUT2D eigenvalue weighted by Crippen LogP contribution is -2.40. The molecule has 1 amide bonds. The zero-order chi connectivity index (χ0) is 25.6. The number of carbonyl (C=O) groups is 1. The molecule has 1 fully saturated rings. The predicted molar refractivity (Wildman–Crippen MR) is 142 cm³/mol. The Kier molecular flexibility index (Phi) is 7.57. The van der Waals surface area contributed by atoms with Gasteiger partial charge in [-0.15, -0.1) is 5.10 Å². The van der Waals surface area contributed by atoms with Crippen molar-refractivity contribution in [2.45, 2.75) is 12.6 Å². The number of amides is 1. The van der Waals surface area contributed by atoms with Crippen LogP contribution in [0.4, 0.5) is 16.2 Å². The number of benzene rings is 3. The average Bonchev–Trinajstić information content (AvgIpc) is 3.38. The van der Waals surface area contributed by atoms with Crippen molar-refractivity contribution in [3.05, 3.63) is 78.1 Å². The SMILES string of the molecule is CN(C)c1ccc([C@H](c2nnnn2CCOC(=O)Nc2cccc3ccccc23)N2CCOCC2)cc1. The fourth-order valence-corrected chi connectivity index (χ4v) is 4.59. The van der Waals surface area contributed by atoms with E-state index in [1.54, 1.807) is 4.68 Å². The number of nitrogens with zero attached hydrogens (tertiary/aromatic N) is 6. The van der Waals surface area contributed by atoms with Crippen molar-refractivity contribution < 1.29 is 14.3 Å². The van der Waals surface area contributed by atoms with E-state index in [1.165, 1.54) is 0 Å². The summed E-state index contributed by atoms with van der Waals surface area (Å²) < 4.78 is 12.8. The van der Waals surface area contributed by atoms with Crippen molar-refractivity contribution in [1.82, 2.24) is 25.1 Å². The summed E-state index contributed by atoms with van der Waals surface area (Å²) in [5.74, 6) is 0.706. The third kappa shape index (κ3) is 5.71. The van der Waals surface area contributed by atoms with Gasteiger partial charge in [0.25, 0.3) is 0 Å². The lowest BCUT2D eigenvalue weighted by atomic mass is 10.0. The Morgan fingerprint density at radius 1 is 1.05 bits per heavy atom. The van der Waals surface area contributed by atoms with Crippen LogP contribution in [0, 0.1) is 0 Å². The Hall–Kier alpha value is -4.02. The number of rotatable bonds is 8. The first-order chi connectivity index (χ1) is 18.1. The molecular weight excluding hydrogens is 470 g/mol. The fourth-order valence-electron chi connectivity index (χ4n) is 4.59. The van der Waals surface area contributed by atoms with E-state index in [0.717, 1.165) is 35.1 Å². The standard InChI is InChI=1S/C27H31N7O3/c1-32(2)22-12-10-21(11-13-22)25(33-14-17-36-18-15-33)26-29-30-31-34(26)16-19-37-27(35)28-24-9-5-7-20-6-3-4-8-23(20)24/h3-13,25H,14-19H2,1-2H3,(H,28,35)/t25-/m1/s1. The summed E-state index contributed by atoms with van der Waals surface area (Å²) >= 11 is 0. The molecule has 10 heteroatoms. The average molecular weight is 502 g/mol. The number of hydrogen-bond acceptors (Lipinski definition) is 8.